The number of carbonyl (C=O) groups is 3. The topological polar surface area (TPSA) is 219 Å². The highest BCUT2D eigenvalue weighted by molar-refractivity contribution is 8.92. The number of likely N-dealkylation sites (tertiary alicyclic amines) is 2. The van der Waals surface area contributed by atoms with E-state index in [1.165, 1.54) is 82.3 Å². The van der Waals surface area contributed by atoms with Crippen LogP contribution in [0.5, 0.6) is 0 Å². The van der Waals surface area contributed by atoms with E-state index in [-0.39, 0.29) is 95.2 Å². The first-order valence-corrected chi connectivity index (χ1v) is 51.4. The Bertz CT molecular complexity index is 6260. The summed E-state index contributed by atoms with van der Waals surface area (Å²) in [7, 11) is 2.52. The number of halogens is 3. The maximum absolute atomic E-state index is 13.9. The van der Waals surface area contributed by atoms with Crippen LogP contribution in [0.1, 0.15) is 77.3 Å². The molecule has 6 aliphatic rings. The average molecular weight is 1830 g/mol. The van der Waals surface area contributed by atoms with Crippen LogP contribution in [0.25, 0.3) is 0 Å². The molecule has 31 heteroatoms. The van der Waals surface area contributed by atoms with Gasteiger partial charge in [0, 0.05) is 78.6 Å². The third-order valence-corrected chi connectivity index (χ3v) is 44.5. The van der Waals surface area contributed by atoms with Gasteiger partial charge in [-0.1, -0.05) is 84.8 Å². The lowest BCUT2D eigenvalue weighted by molar-refractivity contribution is -0.122. The van der Waals surface area contributed by atoms with Crippen molar-refractivity contribution in [1.29, 1.82) is 0 Å². The maximum atomic E-state index is 13.9. The molecule has 1 N–H and O–H groups in total. The zero-order valence-electron chi connectivity index (χ0n) is 67.9. The van der Waals surface area contributed by atoms with Gasteiger partial charge in [0.1, 0.15) is 64.6 Å². The van der Waals surface area contributed by atoms with E-state index in [0.29, 0.717) is 30.8 Å². The van der Waals surface area contributed by atoms with Gasteiger partial charge in [-0.3, -0.25) is 17.7 Å². The highest BCUT2D eigenvalue weighted by Gasteiger charge is 2.60. The summed E-state index contributed by atoms with van der Waals surface area (Å²) in [6.07, 6.45) is 15.3. The Balaban J connectivity index is 0.000000246. The summed E-state index contributed by atoms with van der Waals surface area (Å²) in [5.41, 5.74) is -0.751. The lowest BCUT2D eigenvalue weighted by Gasteiger charge is -2.47. The molecule has 0 aromatic heterocycles. The number of piperidine rings is 3. The summed E-state index contributed by atoms with van der Waals surface area (Å²) in [6, 6.07) is 34.4. The van der Waals surface area contributed by atoms with Crippen molar-refractivity contribution in [3.63, 3.8) is 0 Å². The Morgan fingerprint density at radius 2 is 0.782 bits per heavy atom. The first kappa shape index (κ1) is 101. The second-order valence-electron chi connectivity index (χ2n) is 26.4. The SMILES string of the molecule is C#CC#CC#C.C#CC#CC#CC#CC#CC#CC#CC#CC#CC#CC#CC#CC#CC.COC1=CS(=O)(=O)N(c2cccc(F)c2)[C@@]12CCN(C(=O)OCc1ccccc1)[C@@H](C)C2.COC1=CS(=O)(=O)N(c2cccc(F)c2)[C@@]12CCN[C@@H](C)C2.C[C@H]1C[C@]2(CCN1C(=O)OCc1ccccc1)C(=O)CS(=O)(=O)N2c1cccc(F)c1.PP(P)P(P)P. The summed E-state index contributed by atoms with van der Waals surface area (Å²) in [6.45, 7) is 8.98. The number of ether oxygens (including phenoxy) is 4. The van der Waals surface area contributed by atoms with Crippen LogP contribution in [0.2, 0.25) is 0 Å². The van der Waals surface area contributed by atoms with Gasteiger partial charge >= 0.3 is 12.2 Å². The van der Waals surface area contributed by atoms with E-state index in [4.69, 9.17) is 38.2 Å². The number of nitrogens with one attached hydrogen (secondary N) is 1. The van der Waals surface area contributed by atoms with E-state index in [1.807, 2.05) is 74.5 Å². The average Bonchev–Trinajstić information content (AvgIpc) is 1.57. The van der Waals surface area contributed by atoms with Crippen LogP contribution >= 0.6 is 49.7 Å². The number of ketones is 1. The van der Waals surface area contributed by atoms with E-state index in [1.54, 1.807) is 30.9 Å². The van der Waals surface area contributed by atoms with E-state index in [0.717, 1.165) is 32.3 Å². The van der Waals surface area contributed by atoms with Crippen LogP contribution in [0.4, 0.5) is 39.8 Å². The van der Waals surface area contributed by atoms with Gasteiger partial charge in [-0.15, -0.1) is 55.0 Å². The molecule has 4 saturated heterocycles. The number of carbonyl (C=O) groups excluding carboxylic acids is 3. The van der Waals surface area contributed by atoms with E-state index >= 15 is 0 Å². The lowest BCUT2D eigenvalue weighted by atomic mass is 9.80. The van der Waals surface area contributed by atoms with Crippen LogP contribution < -0.4 is 18.2 Å². The summed E-state index contributed by atoms with van der Waals surface area (Å²) >= 11 is 0. The minimum absolute atomic E-state index is 0.113. The molecule has 0 bridgehead atoms. The Hall–Kier alpha value is -12.1. The van der Waals surface area contributed by atoms with Gasteiger partial charge in [0.15, 0.2) is 5.78 Å². The van der Waals surface area contributed by atoms with Crippen LogP contribution in [0, 0.1) is 208 Å². The van der Waals surface area contributed by atoms with Crippen LogP contribution in [0.3, 0.4) is 0 Å². The molecule has 0 saturated carbocycles. The number of terminal acetylenes is 3. The molecule has 4 fully saturated rings. The highest BCUT2D eigenvalue weighted by atomic mass is 33.0. The zero-order chi connectivity index (χ0) is 90.8. The highest BCUT2D eigenvalue weighted by Crippen LogP contribution is 2.86. The van der Waals surface area contributed by atoms with Gasteiger partial charge in [-0.25, -0.2) is 48.0 Å². The second-order valence-corrected chi connectivity index (χ2v) is 51.3. The molecule has 6 aliphatic heterocycles. The standard InChI is InChI=1S/C27H4.C23H25FN2O5S.C22H23FN2O5S.C15H19FN2O3S.C6H2.H8P6/c1-3-5-7-9-11-13-15-17-19-21-23-25-27-26-24-22-20-18-16-14-12-10-8-6-4-2;1-17-14-23(11-12-25(17)22(27)31-15-18-7-4-3-5-8-18)21(30-2)16-32(28,29)26(23)20-10-6-9-19(24)13-20;1-16-13-22(10-11-24(16)21(27)30-14-17-6-3-2-4-7-17)20(26)15-31(28,29)25(22)19-9-5-8-18(23)12-19;1-11-9-15(6-7-17-11)14(21-2)10-22(19,20)18(15)13-5-3-4-12(16)8-13;1-3-5-6-4-2;1-5(2)6(3)4/h1H,2H3;3-10,13,16-17H,11-12,14-15H2,1-2H3;2-9,12,16H,10-11,13-15H2,1H3;3-5,8,10-11,17H,6-7,9H2,1-2H3;1-2H;1-4H2/t;17-,23+;16-,22+;11-,15+;;/m.000../s1. The monoisotopic (exact) mass is 1830 g/mol. The van der Waals surface area contributed by atoms with Crippen LogP contribution in [-0.2, 0) is 67.0 Å². The number of benzene rings is 5. The van der Waals surface area contributed by atoms with Crippen molar-refractivity contribution in [2.45, 2.75) is 114 Å². The van der Waals surface area contributed by atoms with Crippen molar-refractivity contribution in [3.05, 3.63) is 184 Å². The first-order chi connectivity index (χ1) is 59.4. The molecule has 630 valence electrons. The number of nitrogens with zero attached hydrogens (tertiary/aromatic N) is 5. The summed E-state index contributed by atoms with van der Waals surface area (Å²) < 4.78 is 144. The lowest BCUT2D eigenvalue weighted by Crippen LogP contribution is -2.60. The fraction of sp³-hybridized carbons (Fsp3) is 0.258. The number of hydrogen-bond donors (Lipinski definition) is 1. The molecule has 3 spiro atoms. The van der Waals surface area contributed by atoms with E-state index < -0.39 is 93.9 Å². The molecule has 5 aromatic rings. The number of hydrogen-bond acceptors (Lipinski definition) is 14. The largest absolute Gasteiger partial charge is 0.498 e. The van der Waals surface area contributed by atoms with Gasteiger partial charge in [-0.05, 0) is 271 Å². The molecular formula is C93H81F3N6O13P6S3. The fourth-order valence-corrected chi connectivity index (χ4v) is 19.0. The van der Waals surface area contributed by atoms with Crippen molar-refractivity contribution in [3.8, 4) is 191 Å². The number of methoxy groups -OCH3 is 2. The quantitative estimate of drug-likeness (QED) is 0.102. The molecule has 6 heterocycles. The maximum Gasteiger partial charge on any atom is 0.410 e. The van der Waals surface area contributed by atoms with Gasteiger partial charge in [0.2, 0.25) is 10.0 Å². The molecule has 2 amide bonds. The van der Waals surface area contributed by atoms with Crippen LogP contribution in [-0.4, -0.2) is 127 Å². The minimum Gasteiger partial charge on any atom is -0.498 e. The smallest absolute Gasteiger partial charge is 0.410 e. The molecule has 4 unspecified atom stereocenters. The first-order valence-electron chi connectivity index (χ1n) is 36.9. The number of sulfonamides is 3. The summed E-state index contributed by atoms with van der Waals surface area (Å²) in [4.78, 5) is 41.4. The molecule has 5 aromatic carbocycles. The van der Waals surface area contributed by atoms with Gasteiger partial charge < -0.3 is 34.1 Å². The van der Waals surface area contributed by atoms with Crippen LogP contribution in [0.15, 0.2) is 156 Å². The number of amides is 2. The number of anilines is 3. The molecular weight excluding hydrogens is 1750 g/mol. The van der Waals surface area contributed by atoms with Crippen molar-refractivity contribution < 1.29 is 71.8 Å². The fourth-order valence-electron chi connectivity index (χ4n) is 13.4. The Labute approximate surface area is 738 Å². The van der Waals surface area contributed by atoms with Crippen molar-refractivity contribution in [2.24, 2.45) is 0 Å². The zero-order valence-corrected chi connectivity index (χ0v) is 76.8. The van der Waals surface area contributed by atoms with Crippen molar-refractivity contribution >= 4 is 115 Å². The number of rotatable bonds is 10. The molecule has 0 aliphatic carbocycles. The Morgan fingerprint density at radius 3 is 1.10 bits per heavy atom. The second kappa shape index (κ2) is 50.5. The molecule has 124 heavy (non-hydrogen) atoms. The van der Waals surface area contributed by atoms with Crippen molar-refractivity contribution in [2.75, 3.05) is 52.5 Å². The Kier molecular flexibility index (Phi) is 41.0. The van der Waals surface area contributed by atoms with Gasteiger partial charge in [0.25, 0.3) is 20.0 Å². The van der Waals surface area contributed by atoms with E-state index in [2.05, 4.69) is 213 Å². The number of Topliss-reactive ketones (excluding diaryl/α,β-unsaturated/α-hetero) is 1. The molecule has 10 atom stereocenters. The normalized spacial score (nSPS) is 19.5. The Morgan fingerprint density at radius 1 is 0.460 bits per heavy atom. The van der Waals surface area contributed by atoms with Crippen molar-refractivity contribution in [1.82, 2.24) is 15.1 Å². The molecule has 0 radical (unpaired) electrons. The molecule has 11 rings (SSSR count). The van der Waals surface area contributed by atoms with E-state index in [9.17, 15) is 52.8 Å². The predicted molar refractivity (Wildman–Crippen MR) is 498 cm³/mol. The molecule has 19 nitrogen and oxygen atoms in total. The summed E-state index contributed by atoms with van der Waals surface area (Å²) in [5, 5.41) is 5.56. The third kappa shape index (κ3) is 29.6. The minimum atomic E-state index is -3.94. The van der Waals surface area contributed by atoms with Gasteiger partial charge in [-0.2, -0.15) is 0 Å². The summed E-state index contributed by atoms with van der Waals surface area (Å²) in [5.74, 6) is 68.6. The van der Waals surface area contributed by atoms with Gasteiger partial charge in [0.05, 0.1) is 42.1 Å². The predicted octanol–water partition coefficient (Wildman–Crippen LogP) is 13.1. The third-order valence-electron chi connectivity index (χ3n) is 18.2.